The van der Waals surface area contributed by atoms with Gasteiger partial charge in [-0.2, -0.15) is 4.31 Å². The highest BCUT2D eigenvalue weighted by atomic mass is 35.5. The molecule has 0 spiro atoms. The zero-order chi connectivity index (χ0) is 28.0. The molecule has 1 saturated heterocycles. The summed E-state index contributed by atoms with van der Waals surface area (Å²) in [7, 11) is -7.05. The van der Waals surface area contributed by atoms with E-state index < -0.39 is 20.0 Å². The van der Waals surface area contributed by atoms with E-state index in [-0.39, 0.29) is 30.5 Å². The summed E-state index contributed by atoms with van der Waals surface area (Å²) in [5.41, 5.74) is 1.58. The maximum atomic E-state index is 12.6. The molecule has 12 heteroatoms. The molecule has 4 rings (SSSR count). The van der Waals surface area contributed by atoms with Gasteiger partial charge < -0.3 is 10.1 Å². The Hall–Kier alpha value is -3.12. The number of nitrogens with one attached hydrogen (secondary N) is 1. The van der Waals surface area contributed by atoms with Crippen LogP contribution in [0.15, 0.2) is 77.7 Å². The lowest BCUT2D eigenvalue weighted by molar-refractivity contribution is 0.0947. The van der Waals surface area contributed by atoms with Gasteiger partial charge in [-0.3, -0.25) is 9.10 Å². The largest absolute Gasteiger partial charge is 0.492 e. The number of benzene rings is 3. The second-order valence-electron chi connectivity index (χ2n) is 9.13. The minimum absolute atomic E-state index is 0.129. The van der Waals surface area contributed by atoms with Gasteiger partial charge in [-0.1, -0.05) is 23.7 Å². The maximum absolute atomic E-state index is 12.6. The standard InChI is InChI=1S/C27H30ClN3O6S2/c1-38(33,34)31(20-21-4-8-23(28)9-5-21)24-10-6-22(7-11-24)27(32)29-16-19-37-25-12-14-26(15-13-25)39(35,36)30-17-2-3-18-30/h4-15H,2-3,16-20H2,1H3,(H,29,32). The first kappa shape index (κ1) is 28.9. The number of nitrogens with zero attached hydrogens (tertiary/aromatic N) is 2. The molecule has 39 heavy (non-hydrogen) atoms. The molecule has 0 atom stereocenters. The third-order valence-electron chi connectivity index (χ3n) is 6.24. The summed E-state index contributed by atoms with van der Waals surface area (Å²) in [4.78, 5) is 12.8. The van der Waals surface area contributed by atoms with E-state index in [1.165, 1.54) is 20.7 Å². The number of hydrogen-bond donors (Lipinski definition) is 1. The summed E-state index contributed by atoms with van der Waals surface area (Å²) in [5, 5.41) is 3.32. The fourth-order valence-electron chi connectivity index (χ4n) is 4.16. The SMILES string of the molecule is CS(=O)(=O)N(Cc1ccc(Cl)cc1)c1ccc(C(=O)NCCOc2ccc(S(=O)(=O)N3CCCC3)cc2)cc1. The summed E-state index contributed by atoms with van der Waals surface area (Å²) in [5.74, 6) is 0.163. The Bertz CT molecular complexity index is 1490. The van der Waals surface area contributed by atoms with Gasteiger partial charge >= 0.3 is 0 Å². The fourth-order valence-corrected chi connectivity index (χ4v) is 6.69. The van der Waals surface area contributed by atoms with Crippen molar-refractivity contribution < 1.29 is 26.4 Å². The predicted octanol–water partition coefficient (Wildman–Crippen LogP) is 3.90. The van der Waals surface area contributed by atoms with E-state index in [2.05, 4.69) is 5.32 Å². The molecule has 0 aromatic heterocycles. The van der Waals surface area contributed by atoms with Crippen molar-refractivity contribution in [2.75, 3.05) is 36.8 Å². The number of carbonyl (C=O) groups excluding carboxylic acids is 1. The van der Waals surface area contributed by atoms with Crippen LogP contribution in [0.1, 0.15) is 28.8 Å². The zero-order valence-corrected chi connectivity index (χ0v) is 23.8. The molecule has 0 saturated carbocycles. The molecule has 3 aromatic rings. The van der Waals surface area contributed by atoms with Gasteiger partial charge in [0.2, 0.25) is 20.0 Å². The lowest BCUT2D eigenvalue weighted by Crippen LogP contribution is -2.30. The summed E-state index contributed by atoms with van der Waals surface area (Å²) in [6.07, 6.45) is 2.88. The van der Waals surface area contributed by atoms with Crippen LogP contribution in [-0.2, 0) is 26.6 Å². The second kappa shape index (κ2) is 12.4. The molecule has 0 unspecified atom stereocenters. The minimum atomic E-state index is -3.57. The summed E-state index contributed by atoms with van der Waals surface area (Å²) >= 11 is 5.92. The average Bonchev–Trinajstić information content (AvgIpc) is 3.47. The molecule has 0 radical (unpaired) electrons. The van der Waals surface area contributed by atoms with Crippen LogP contribution in [0.2, 0.25) is 5.02 Å². The molecular formula is C27H30ClN3O6S2. The normalized spacial score (nSPS) is 14.2. The fraction of sp³-hybridized carbons (Fsp3) is 0.296. The Morgan fingerprint density at radius 3 is 2.13 bits per heavy atom. The van der Waals surface area contributed by atoms with Crippen LogP contribution >= 0.6 is 11.6 Å². The molecule has 0 aliphatic carbocycles. The van der Waals surface area contributed by atoms with E-state index in [9.17, 15) is 21.6 Å². The van der Waals surface area contributed by atoms with Crippen LogP contribution in [0.5, 0.6) is 5.75 Å². The molecule has 1 fully saturated rings. The lowest BCUT2D eigenvalue weighted by Gasteiger charge is -2.23. The van der Waals surface area contributed by atoms with Gasteiger partial charge in [-0.25, -0.2) is 16.8 Å². The number of halogens is 1. The first-order valence-corrected chi connectivity index (χ1v) is 16.0. The van der Waals surface area contributed by atoms with Crippen molar-refractivity contribution >= 4 is 43.2 Å². The van der Waals surface area contributed by atoms with Gasteiger partial charge in [0.1, 0.15) is 12.4 Å². The molecule has 1 aliphatic rings. The number of rotatable bonds is 11. The van der Waals surface area contributed by atoms with Crippen molar-refractivity contribution in [1.82, 2.24) is 9.62 Å². The van der Waals surface area contributed by atoms with Crippen molar-refractivity contribution in [3.63, 3.8) is 0 Å². The molecule has 3 aromatic carbocycles. The Kier molecular flexibility index (Phi) is 9.16. The molecule has 0 bridgehead atoms. The van der Waals surface area contributed by atoms with E-state index in [0.29, 0.717) is 35.1 Å². The van der Waals surface area contributed by atoms with Crippen molar-refractivity contribution in [3.05, 3.63) is 88.9 Å². The third kappa shape index (κ3) is 7.51. The van der Waals surface area contributed by atoms with Gasteiger partial charge in [-0.05, 0) is 79.1 Å². The smallest absolute Gasteiger partial charge is 0.251 e. The van der Waals surface area contributed by atoms with Gasteiger partial charge in [-0.15, -0.1) is 0 Å². The maximum Gasteiger partial charge on any atom is 0.251 e. The average molecular weight is 592 g/mol. The molecule has 1 N–H and O–H groups in total. The first-order chi connectivity index (χ1) is 18.5. The molecule has 1 heterocycles. The Labute approximate surface area is 234 Å². The Morgan fingerprint density at radius 1 is 0.923 bits per heavy atom. The van der Waals surface area contributed by atoms with Crippen LogP contribution < -0.4 is 14.4 Å². The monoisotopic (exact) mass is 591 g/mol. The predicted molar refractivity (Wildman–Crippen MR) is 151 cm³/mol. The van der Waals surface area contributed by atoms with Gasteiger partial charge in [0, 0.05) is 23.7 Å². The molecule has 9 nitrogen and oxygen atoms in total. The van der Waals surface area contributed by atoms with Gasteiger partial charge in [0.25, 0.3) is 5.91 Å². The number of hydrogen-bond acceptors (Lipinski definition) is 6. The third-order valence-corrected chi connectivity index (χ3v) is 9.55. The van der Waals surface area contributed by atoms with Crippen LogP contribution in [0.3, 0.4) is 0 Å². The quantitative estimate of drug-likeness (QED) is 0.338. The number of amides is 1. The van der Waals surface area contributed by atoms with Crippen LogP contribution in [0, 0.1) is 0 Å². The topological polar surface area (TPSA) is 113 Å². The summed E-state index contributed by atoms with van der Waals surface area (Å²) in [6, 6.07) is 19.4. The van der Waals surface area contributed by atoms with E-state index in [4.69, 9.17) is 16.3 Å². The van der Waals surface area contributed by atoms with Crippen molar-refractivity contribution in [2.24, 2.45) is 0 Å². The van der Waals surface area contributed by atoms with Crippen LogP contribution in [0.4, 0.5) is 5.69 Å². The highest BCUT2D eigenvalue weighted by molar-refractivity contribution is 7.92. The molecule has 1 amide bonds. The number of carbonyl (C=O) groups is 1. The highest BCUT2D eigenvalue weighted by Gasteiger charge is 2.27. The number of ether oxygens (including phenoxy) is 1. The van der Waals surface area contributed by atoms with Crippen molar-refractivity contribution in [1.29, 1.82) is 0 Å². The summed E-state index contributed by atoms with van der Waals surface area (Å²) < 4.78 is 58.4. The molecule has 208 valence electrons. The highest BCUT2D eigenvalue weighted by Crippen LogP contribution is 2.24. The lowest BCUT2D eigenvalue weighted by atomic mass is 10.2. The molecular weight excluding hydrogens is 562 g/mol. The Balaban J connectivity index is 1.29. The van der Waals surface area contributed by atoms with Crippen molar-refractivity contribution in [2.45, 2.75) is 24.3 Å². The number of anilines is 1. The molecule has 1 aliphatic heterocycles. The van der Waals surface area contributed by atoms with Crippen LogP contribution in [0.25, 0.3) is 0 Å². The Morgan fingerprint density at radius 2 is 1.54 bits per heavy atom. The first-order valence-electron chi connectivity index (χ1n) is 12.4. The minimum Gasteiger partial charge on any atom is -0.492 e. The zero-order valence-electron chi connectivity index (χ0n) is 21.4. The van der Waals surface area contributed by atoms with E-state index >= 15 is 0 Å². The van der Waals surface area contributed by atoms with E-state index in [1.54, 1.807) is 60.7 Å². The number of sulfonamides is 2. The van der Waals surface area contributed by atoms with Crippen molar-refractivity contribution in [3.8, 4) is 5.75 Å². The van der Waals surface area contributed by atoms with Gasteiger partial charge in [0.15, 0.2) is 0 Å². The second-order valence-corrected chi connectivity index (χ2v) is 13.4. The van der Waals surface area contributed by atoms with Gasteiger partial charge in [0.05, 0.1) is 29.9 Å². The van der Waals surface area contributed by atoms with Crippen LogP contribution in [-0.4, -0.2) is 59.5 Å². The summed E-state index contributed by atoms with van der Waals surface area (Å²) in [6.45, 7) is 1.63. The van der Waals surface area contributed by atoms with E-state index in [0.717, 1.165) is 24.7 Å². The van der Waals surface area contributed by atoms with E-state index in [1.807, 2.05) is 0 Å².